The van der Waals surface area contributed by atoms with Crippen LogP contribution in [-0.2, 0) is 20.9 Å². The largest absolute Gasteiger partial charge is 0.478 e. The van der Waals surface area contributed by atoms with Crippen molar-refractivity contribution in [1.29, 1.82) is 0 Å². The molecule has 96 valence electrons. The Morgan fingerprint density at radius 3 is 2.28 bits per heavy atom. The van der Waals surface area contributed by atoms with E-state index in [0.29, 0.717) is 5.57 Å². The Hall–Kier alpha value is -2.10. The normalized spacial score (nSPS) is 9.67. The molecule has 18 heavy (non-hydrogen) atoms. The minimum atomic E-state index is -1.08. The van der Waals surface area contributed by atoms with E-state index in [4.69, 9.17) is 9.84 Å². The van der Waals surface area contributed by atoms with Gasteiger partial charge in [0.1, 0.15) is 6.61 Å². The van der Waals surface area contributed by atoms with Crippen molar-refractivity contribution in [3.05, 3.63) is 47.0 Å². The highest BCUT2D eigenvalue weighted by Crippen LogP contribution is 2.10. The fourth-order valence-corrected chi connectivity index (χ4v) is 1.40. The van der Waals surface area contributed by atoms with Gasteiger partial charge in [0.25, 0.3) is 0 Å². The van der Waals surface area contributed by atoms with Crippen LogP contribution >= 0.6 is 0 Å². The number of rotatable bonds is 5. The first-order valence-electron chi connectivity index (χ1n) is 5.60. The summed E-state index contributed by atoms with van der Waals surface area (Å²) in [6.07, 6.45) is -0.204. The van der Waals surface area contributed by atoms with Crippen molar-refractivity contribution >= 4 is 11.9 Å². The number of carboxylic acids is 1. The highest BCUT2D eigenvalue weighted by atomic mass is 16.5. The summed E-state index contributed by atoms with van der Waals surface area (Å²) in [5.41, 5.74) is 1.58. The second-order valence-electron chi connectivity index (χ2n) is 4.11. The molecule has 0 heterocycles. The maximum Gasteiger partial charge on any atom is 0.332 e. The maximum absolute atomic E-state index is 11.5. The molecule has 0 saturated heterocycles. The number of carbonyl (C=O) groups excluding carboxylic acids is 1. The van der Waals surface area contributed by atoms with Crippen LogP contribution in [0.5, 0.6) is 0 Å². The number of carboxylic acid groups (broad SMARTS) is 1. The Kier molecular flexibility index (Phi) is 5.11. The second kappa shape index (κ2) is 6.59. The van der Waals surface area contributed by atoms with Crippen LogP contribution in [0.4, 0.5) is 0 Å². The highest BCUT2D eigenvalue weighted by molar-refractivity contribution is 5.93. The van der Waals surface area contributed by atoms with Crippen LogP contribution in [-0.4, -0.2) is 17.0 Å². The average molecular weight is 248 g/mol. The molecule has 0 spiro atoms. The summed E-state index contributed by atoms with van der Waals surface area (Å²) in [4.78, 5) is 22.4. The van der Waals surface area contributed by atoms with Crippen LogP contribution < -0.4 is 0 Å². The van der Waals surface area contributed by atoms with Gasteiger partial charge in [-0.2, -0.15) is 0 Å². The van der Waals surface area contributed by atoms with E-state index < -0.39 is 11.9 Å². The van der Waals surface area contributed by atoms with Gasteiger partial charge >= 0.3 is 11.9 Å². The number of aliphatic carboxylic acids is 1. The molecule has 1 aromatic carbocycles. The van der Waals surface area contributed by atoms with Gasteiger partial charge in [-0.15, -0.1) is 0 Å². The zero-order valence-corrected chi connectivity index (χ0v) is 10.5. The molecule has 0 bridgehead atoms. The van der Waals surface area contributed by atoms with Gasteiger partial charge in [0, 0.05) is 5.57 Å². The molecular weight excluding hydrogens is 232 g/mol. The van der Waals surface area contributed by atoms with Crippen molar-refractivity contribution < 1.29 is 19.4 Å². The molecule has 0 atom stereocenters. The minimum Gasteiger partial charge on any atom is -0.478 e. The molecule has 0 fully saturated rings. The number of hydrogen-bond acceptors (Lipinski definition) is 3. The first kappa shape index (κ1) is 14.0. The molecule has 0 amide bonds. The van der Waals surface area contributed by atoms with Crippen molar-refractivity contribution in [2.24, 2.45) is 0 Å². The summed E-state index contributed by atoms with van der Waals surface area (Å²) in [5.74, 6) is -1.61. The molecule has 1 N–H and O–H groups in total. The van der Waals surface area contributed by atoms with Crippen molar-refractivity contribution in [1.82, 2.24) is 0 Å². The predicted molar refractivity (Wildman–Crippen MR) is 66.9 cm³/mol. The van der Waals surface area contributed by atoms with Gasteiger partial charge < -0.3 is 9.84 Å². The molecule has 0 unspecified atom stereocenters. The molecule has 1 aromatic rings. The molecule has 1 rings (SSSR count). The van der Waals surface area contributed by atoms with Crippen LogP contribution in [0.2, 0.25) is 0 Å². The van der Waals surface area contributed by atoms with Crippen LogP contribution in [0.15, 0.2) is 41.5 Å². The van der Waals surface area contributed by atoms with Gasteiger partial charge in [0.2, 0.25) is 0 Å². The molecular formula is C14H16O4. The summed E-state index contributed by atoms with van der Waals surface area (Å²) >= 11 is 0. The topological polar surface area (TPSA) is 63.6 Å². The first-order chi connectivity index (χ1) is 8.50. The standard InChI is InChI=1S/C14H16O4/c1-10(2)12(14(16)17)8-13(15)18-9-11-6-4-3-5-7-11/h3-7H,8-9H2,1-2H3,(H,16,17). The third-order valence-electron chi connectivity index (χ3n) is 2.43. The summed E-state index contributed by atoms with van der Waals surface area (Å²) in [5, 5.41) is 8.91. The monoisotopic (exact) mass is 248 g/mol. The van der Waals surface area contributed by atoms with E-state index >= 15 is 0 Å². The number of esters is 1. The van der Waals surface area contributed by atoms with Crippen LogP contribution in [0.1, 0.15) is 25.8 Å². The lowest BCUT2D eigenvalue weighted by molar-refractivity contribution is -0.146. The van der Waals surface area contributed by atoms with E-state index in [9.17, 15) is 9.59 Å². The van der Waals surface area contributed by atoms with Crippen molar-refractivity contribution in [2.45, 2.75) is 26.9 Å². The highest BCUT2D eigenvalue weighted by Gasteiger charge is 2.15. The third-order valence-corrected chi connectivity index (χ3v) is 2.43. The minimum absolute atomic E-state index is 0.0908. The molecule has 0 saturated carbocycles. The van der Waals surface area contributed by atoms with E-state index in [1.807, 2.05) is 30.3 Å². The smallest absolute Gasteiger partial charge is 0.332 e. The van der Waals surface area contributed by atoms with E-state index in [1.165, 1.54) is 0 Å². The first-order valence-corrected chi connectivity index (χ1v) is 5.60. The summed E-state index contributed by atoms with van der Waals surface area (Å²) < 4.78 is 5.02. The van der Waals surface area contributed by atoms with Crippen LogP contribution in [0.3, 0.4) is 0 Å². The zero-order valence-electron chi connectivity index (χ0n) is 10.5. The lowest BCUT2D eigenvalue weighted by Gasteiger charge is -2.06. The SMILES string of the molecule is CC(C)=C(CC(=O)OCc1ccccc1)C(=O)O. The lowest BCUT2D eigenvalue weighted by atomic mass is 10.1. The maximum atomic E-state index is 11.5. The van der Waals surface area contributed by atoms with Gasteiger partial charge in [0.15, 0.2) is 0 Å². The fourth-order valence-electron chi connectivity index (χ4n) is 1.40. The van der Waals surface area contributed by atoms with E-state index in [1.54, 1.807) is 13.8 Å². The van der Waals surface area contributed by atoms with E-state index in [0.717, 1.165) is 5.56 Å². The van der Waals surface area contributed by atoms with Gasteiger partial charge in [-0.1, -0.05) is 35.9 Å². The van der Waals surface area contributed by atoms with Gasteiger partial charge in [-0.25, -0.2) is 4.79 Å². The molecule has 4 heteroatoms. The fraction of sp³-hybridized carbons (Fsp3) is 0.286. The number of allylic oxidation sites excluding steroid dienone is 1. The number of carbonyl (C=O) groups is 2. The second-order valence-corrected chi connectivity index (χ2v) is 4.11. The van der Waals surface area contributed by atoms with Crippen LogP contribution in [0.25, 0.3) is 0 Å². The molecule has 0 aliphatic carbocycles. The predicted octanol–water partition coefficient (Wildman–Crippen LogP) is 2.54. The van der Waals surface area contributed by atoms with Crippen molar-refractivity contribution in [2.75, 3.05) is 0 Å². The molecule has 0 aliphatic heterocycles. The summed E-state index contributed by atoms with van der Waals surface area (Å²) in [7, 11) is 0. The number of benzene rings is 1. The van der Waals surface area contributed by atoms with Crippen molar-refractivity contribution in [3.63, 3.8) is 0 Å². The Morgan fingerprint density at radius 2 is 1.78 bits per heavy atom. The quantitative estimate of drug-likeness (QED) is 0.642. The van der Waals surface area contributed by atoms with E-state index in [-0.39, 0.29) is 18.6 Å². The average Bonchev–Trinajstić information content (AvgIpc) is 2.34. The molecule has 0 radical (unpaired) electrons. The Labute approximate surface area is 106 Å². The molecule has 0 aromatic heterocycles. The van der Waals surface area contributed by atoms with E-state index in [2.05, 4.69) is 0 Å². The Morgan fingerprint density at radius 1 is 1.17 bits per heavy atom. The number of ether oxygens (including phenoxy) is 1. The summed E-state index contributed by atoms with van der Waals surface area (Å²) in [6, 6.07) is 9.25. The third kappa shape index (κ3) is 4.41. The summed E-state index contributed by atoms with van der Waals surface area (Å²) in [6.45, 7) is 3.48. The van der Waals surface area contributed by atoms with Crippen LogP contribution in [0, 0.1) is 0 Å². The zero-order chi connectivity index (χ0) is 13.5. The molecule has 0 aliphatic rings. The van der Waals surface area contributed by atoms with Gasteiger partial charge in [0.05, 0.1) is 6.42 Å². The van der Waals surface area contributed by atoms with Crippen molar-refractivity contribution in [3.8, 4) is 0 Å². The Balaban J connectivity index is 2.52. The number of hydrogen-bond donors (Lipinski definition) is 1. The lowest BCUT2D eigenvalue weighted by Crippen LogP contribution is -2.11. The Bertz CT molecular complexity index is 456. The van der Waals surface area contributed by atoms with Gasteiger partial charge in [-0.3, -0.25) is 4.79 Å². The van der Waals surface area contributed by atoms with Gasteiger partial charge in [-0.05, 0) is 19.4 Å². The molecule has 4 nitrogen and oxygen atoms in total.